The van der Waals surface area contributed by atoms with Crippen LogP contribution in [-0.4, -0.2) is 5.60 Å². The first-order chi connectivity index (χ1) is 8.50. The summed E-state index contributed by atoms with van der Waals surface area (Å²) in [6.45, 7) is 8.66. The monoisotopic (exact) mass is 266 g/mol. The number of hydrogen-bond donors (Lipinski definition) is 0. The second-order valence-corrected chi connectivity index (χ2v) is 5.78. The number of hydrogen-bond acceptors (Lipinski definition) is 2. The van der Waals surface area contributed by atoms with Crippen molar-refractivity contribution in [1.29, 1.82) is 0 Å². The molecule has 1 aromatic carbocycles. The third-order valence-corrected chi connectivity index (χ3v) is 4.21. The Balaban J connectivity index is 2.42. The van der Waals surface area contributed by atoms with Gasteiger partial charge >= 0.3 is 0 Å². The summed E-state index contributed by atoms with van der Waals surface area (Å²) in [5, 5.41) is 0. The second-order valence-electron chi connectivity index (χ2n) is 5.54. The van der Waals surface area contributed by atoms with Crippen LogP contribution in [-0.2, 0) is 6.42 Å². The lowest BCUT2D eigenvalue weighted by Gasteiger charge is -2.37. The fraction of sp³-hybridized carbons (Fsp3) is 0.600. The molecule has 2 nitrogen and oxygen atoms in total. The topological polar surface area (TPSA) is 18.5 Å². The van der Waals surface area contributed by atoms with Crippen molar-refractivity contribution in [2.45, 2.75) is 59.0 Å². The number of ether oxygens (including phenoxy) is 1. The van der Waals surface area contributed by atoms with Gasteiger partial charge < -0.3 is 9.26 Å². The van der Waals surface area contributed by atoms with E-state index in [9.17, 15) is 0 Å². The van der Waals surface area contributed by atoms with E-state index in [1.807, 2.05) is 0 Å². The summed E-state index contributed by atoms with van der Waals surface area (Å²) in [4.78, 5) is 0. The summed E-state index contributed by atoms with van der Waals surface area (Å²) in [7, 11) is 2.33. The maximum Gasteiger partial charge on any atom is 0.126 e. The van der Waals surface area contributed by atoms with Gasteiger partial charge in [0.15, 0.2) is 0 Å². The molecule has 3 heteroatoms. The predicted molar refractivity (Wildman–Crippen MR) is 78.5 cm³/mol. The molecule has 1 aliphatic heterocycles. The van der Waals surface area contributed by atoms with E-state index in [0.717, 1.165) is 37.2 Å². The van der Waals surface area contributed by atoms with E-state index in [4.69, 9.17) is 9.26 Å². The normalized spacial score (nSPS) is 22.3. The zero-order valence-electron chi connectivity index (χ0n) is 11.8. The summed E-state index contributed by atoms with van der Waals surface area (Å²) in [6.07, 6.45) is 4.46. The zero-order chi connectivity index (χ0) is 13.3. The minimum atomic E-state index is 0.00227. The van der Waals surface area contributed by atoms with Crippen molar-refractivity contribution in [2.24, 2.45) is 0 Å². The molecule has 2 rings (SSSR count). The first-order valence-corrected chi connectivity index (χ1v) is 7.16. The highest BCUT2D eigenvalue weighted by atomic mass is 31.0. The molecule has 1 heterocycles. The average molecular weight is 266 g/mol. The van der Waals surface area contributed by atoms with Crippen molar-refractivity contribution in [3.63, 3.8) is 0 Å². The minimum absolute atomic E-state index is 0.00227. The zero-order valence-corrected chi connectivity index (χ0v) is 13.0. The van der Waals surface area contributed by atoms with Gasteiger partial charge in [-0.25, -0.2) is 0 Å². The Morgan fingerprint density at radius 2 is 2.17 bits per heavy atom. The second kappa shape index (κ2) is 5.09. The number of benzene rings is 1. The predicted octanol–water partition coefficient (Wildman–Crippen LogP) is 4.36. The third kappa shape index (κ3) is 2.36. The van der Waals surface area contributed by atoms with E-state index >= 15 is 0 Å². The Hall–Kier alpha value is -0.750. The van der Waals surface area contributed by atoms with Gasteiger partial charge in [0.25, 0.3) is 0 Å². The first-order valence-electron chi connectivity index (χ1n) is 6.69. The molecule has 18 heavy (non-hydrogen) atoms. The molecular weight excluding hydrogens is 243 g/mol. The summed E-state index contributed by atoms with van der Waals surface area (Å²) in [5.41, 5.74) is 3.71. The van der Waals surface area contributed by atoms with Crippen molar-refractivity contribution in [3.8, 4) is 11.5 Å². The molecule has 1 aliphatic rings. The van der Waals surface area contributed by atoms with E-state index in [2.05, 4.69) is 43.2 Å². The lowest BCUT2D eigenvalue weighted by atomic mass is 9.86. The van der Waals surface area contributed by atoms with E-state index in [0.29, 0.717) is 0 Å². The van der Waals surface area contributed by atoms with Crippen LogP contribution in [0.1, 0.15) is 49.8 Å². The highest BCUT2D eigenvalue weighted by Crippen LogP contribution is 2.42. The van der Waals surface area contributed by atoms with Crippen molar-refractivity contribution in [3.05, 3.63) is 22.8 Å². The van der Waals surface area contributed by atoms with Gasteiger partial charge in [-0.3, -0.25) is 0 Å². The molecule has 100 valence electrons. The average Bonchev–Trinajstić information content (AvgIpc) is 2.33. The largest absolute Gasteiger partial charge is 0.487 e. The van der Waals surface area contributed by atoms with Crippen molar-refractivity contribution >= 4 is 9.47 Å². The Morgan fingerprint density at radius 1 is 1.44 bits per heavy atom. The Morgan fingerprint density at radius 3 is 2.78 bits per heavy atom. The molecule has 0 spiro atoms. The molecule has 0 bridgehead atoms. The summed E-state index contributed by atoms with van der Waals surface area (Å²) in [5.74, 6) is 2.03. The van der Waals surface area contributed by atoms with E-state index in [1.165, 1.54) is 16.7 Å². The molecule has 0 amide bonds. The van der Waals surface area contributed by atoms with Crippen molar-refractivity contribution in [1.82, 2.24) is 0 Å². The maximum absolute atomic E-state index is 6.31. The first kappa shape index (κ1) is 13.7. The van der Waals surface area contributed by atoms with Gasteiger partial charge in [0.2, 0.25) is 0 Å². The van der Waals surface area contributed by atoms with Gasteiger partial charge in [0, 0.05) is 5.56 Å². The molecule has 2 atom stereocenters. The lowest BCUT2D eigenvalue weighted by molar-refractivity contribution is 0.0543. The maximum atomic E-state index is 6.31. The van der Waals surface area contributed by atoms with Crippen LogP contribution in [0.5, 0.6) is 11.5 Å². The van der Waals surface area contributed by atoms with E-state index in [-0.39, 0.29) is 5.60 Å². The smallest absolute Gasteiger partial charge is 0.126 e. The van der Waals surface area contributed by atoms with Gasteiger partial charge in [-0.05, 0) is 57.2 Å². The molecule has 0 aromatic heterocycles. The van der Waals surface area contributed by atoms with Gasteiger partial charge in [-0.1, -0.05) is 13.3 Å². The summed E-state index contributed by atoms with van der Waals surface area (Å²) in [6, 6.07) is 2.07. The third-order valence-electron chi connectivity index (χ3n) is 3.96. The standard InChI is InChI=1S/C15H23O2P/c1-5-7-15(4)8-6-12-11(3)13(17-18)9-10(2)14(12)16-15/h9H,5-8,18H2,1-4H3/t15-/m1/s1. The minimum Gasteiger partial charge on any atom is -0.487 e. The molecule has 0 N–H and O–H groups in total. The van der Waals surface area contributed by atoms with Crippen LogP contribution in [0.15, 0.2) is 6.07 Å². The number of aryl methyl sites for hydroxylation is 1. The van der Waals surface area contributed by atoms with Gasteiger partial charge in [-0.2, -0.15) is 0 Å². The van der Waals surface area contributed by atoms with Crippen LogP contribution in [0.2, 0.25) is 0 Å². The molecule has 0 saturated heterocycles. The number of rotatable bonds is 3. The molecule has 1 unspecified atom stereocenters. The highest BCUT2D eigenvalue weighted by molar-refractivity contribution is 7.10. The van der Waals surface area contributed by atoms with Gasteiger partial charge in [0.05, 0.1) is 9.47 Å². The van der Waals surface area contributed by atoms with Crippen LogP contribution in [0, 0.1) is 13.8 Å². The molecular formula is C15H23O2P. The van der Waals surface area contributed by atoms with E-state index in [1.54, 1.807) is 0 Å². The van der Waals surface area contributed by atoms with Crippen LogP contribution >= 0.6 is 9.47 Å². The van der Waals surface area contributed by atoms with Crippen LogP contribution < -0.4 is 9.26 Å². The van der Waals surface area contributed by atoms with Crippen LogP contribution in [0.3, 0.4) is 0 Å². The Kier molecular flexibility index (Phi) is 3.87. The van der Waals surface area contributed by atoms with Gasteiger partial charge in [-0.15, -0.1) is 0 Å². The van der Waals surface area contributed by atoms with E-state index < -0.39 is 0 Å². The molecule has 0 saturated carbocycles. The lowest BCUT2D eigenvalue weighted by Crippen LogP contribution is -2.36. The summed E-state index contributed by atoms with van der Waals surface area (Å²) < 4.78 is 11.7. The fourth-order valence-corrected chi connectivity index (χ4v) is 3.13. The molecule has 1 aromatic rings. The van der Waals surface area contributed by atoms with Crippen LogP contribution in [0.25, 0.3) is 0 Å². The fourth-order valence-electron chi connectivity index (χ4n) is 2.88. The number of fused-ring (bicyclic) bond motifs is 1. The Labute approximate surface area is 112 Å². The van der Waals surface area contributed by atoms with Crippen molar-refractivity contribution in [2.75, 3.05) is 0 Å². The Bertz CT molecular complexity index is 456. The summed E-state index contributed by atoms with van der Waals surface area (Å²) >= 11 is 0. The van der Waals surface area contributed by atoms with Gasteiger partial charge in [0.1, 0.15) is 17.1 Å². The highest BCUT2D eigenvalue weighted by Gasteiger charge is 2.32. The molecule has 0 fully saturated rings. The molecule has 0 radical (unpaired) electrons. The SMILES string of the molecule is CCC[C@]1(C)CCc2c(C)c(OP)cc(C)c2O1. The quantitative estimate of drug-likeness (QED) is 0.757. The van der Waals surface area contributed by atoms with Crippen molar-refractivity contribution < 1.29 is 9.26 Å². The molecule has 0 aliphatic carbocycles. The van der Waals surface area contributed by atoms with Crippen LogP contribution in [0.4, 0.5) is 0 Å².